The van der Waals surface area contributed by atoms with Crippen molar-refractivity contribution in [1.82, 2.24) is 9.55 Å². The van der Waals surface area contributed by atoms with Crippen molar-refractivity contribution in [3.05, 3.63) is 42.2 Å². The Bertz CT molecular complexity index is 477. The maximum absolute atomic E-state index is 8.87. The molecule has 0 aliphatic heterocycles. The minimum absolute atomic E-state index is 0.700. The van der Waals surface area contributed by atoms with Gasteiger partial charge in [-0.2, -0.15) is 5.26 Å². The highest BCUT2D eigenvalue weighted by Gasteiger charge is 2.06. The number of aromatic nitrogens is 2. The van der Waals surface area contributed by atoms with Crippen LogP contribution in [0.15, 0.2) is 36.5 Å². The molecule has 0 atom stereocenters. The molecule has 0 aliphatic rings. The van der Waals surface area contributed by atoms with Crippen LogP contribution in [0.1, 0.15) is 5.69 Å². The highest BCUT2D eigenvalue weighted by molar-refractivity contribution is 5.56. The third kappa shape index (κ3) is 1.38. The summed E-state index contributed by atoms with van der Waals surface area (Å²) in [5.74, 6) is 0.700. The Morgan fingerprint density at radius 1 is 1.29 bits per heavy atom. The second kappa shape index (κ2) is 3.35. The number of benzene rings is 1. The monoisotopic (exact) mass is 183 g/mol. The minimum Gasteiger partial charge on any atom is -0.236 e. The molecular formula is C11H9N3. The van der Waals surface area contributed by atoms with E-state index >= 15 is 0 Å². The van der Waals surface area contributed by atoms with Gasteiger partial charge in [-0.15, -0.1) is 0 Å². The predicted octanol–water partition coefficient (Wildman–Crippen LogP) is 2.19. The fourth-order valence-corrected chi connectivity index (χ4v) is 1.36. The van der Waals surface area contributed by atoms with Crippen LogP contribution in [-0.2, 0) is 0 Å². The van der Waals surface area contributed by atoms with Crippen LogP contribution in [0, 0.1) is 18.4 Å². The van der Waals surface area contributed by atoms with E-state index < -0.39 is 0 Å². The summed E-state index contributed by atoms with van der Waals surface area (Å²) in [5.41, 5.74) is 1.81. The minimum atomic E-state index is 0.700. The summed E-state index contributed by atoms with van der Waals surface area (Å²) in [4.78, 5) is 4.29. The van der Waals surface area contributed by atoms with Crippen molar-refractivity contribution < 1.29 is 0 Å². The Hall–Kier alpha value is -2.08. The van der Waals surface area contributed by atoms with E-state index in [0.29, 0.717) is 5.82 Å². The van der Waals surface area contributed by atoms with Gasteiger partial charge in [-0.05, 0) is 6.92 Å². The number of nitriles is 1. The molecule has 0 amide bonds. The first-order chi connectivity index (χ1) is 6.81. The molecule has 0 fully saturated rings. The lowest BCUT2D eigenvalue weighted by Gasteiger charge is -1.97. The van der Waals surface area contributed by atoms with Gasteiger partial charge in [0, 0.05) is 11.8 Å². The van der Waals surface area contributed by atoms with Crippen molar-refractivity contribution in [3.8, 4) is 17.6 Å². The third-order valence-corrected chi connectivity index (χ3v) is 1.97. The van der Waals surface area contributed by atoms with Crippen molar-refractivity contribution in [2.45, 2.75) is 6.92 Å². The number of imidazole rings is 1. The molecule has 1 aromatic heterocycles. The molecule has 0 N–H and O–H groups in total. The average molecular weight is 183 g/mol. The first-order valence-electron chi connectivity index (χ1n) is 4.33. The summed E-state index contributed by atoms with van der Waals surface area (Å²) < 4.78 is 1.48. The average Bonchev–Trinajstić information content (AvgIpc) is 2.61. The smallest absolute Gasteiger partial charge is 0.190 e. The molecule has 2 rings (SSSR count). The van der Waals surface area contributed by atoms with Gasteiger partial charge < -0.3 is 0 Å². The lowest BCUT2D eigenvalue weighted by molar-refractivity contribution is 1.09. The number of nitrogens with zero attached hydrogens (tertiary/aromatic N) is 3. The van der Waals surface area contributed by atoms with Gasteiger partial charge >= 0.3 is 0 Å². The number of rotatable bonds is 1. The molecule has 14 heavy (non-hydrogen) atoms. The predicted molar refractivity (Wildman–Crippen MR) is 53.4 cm³/mol. The molecule has 0 bridgehead atoms. The molecule has 0 aliphatic carbocycles. The Kier molecular flexibility index (Phi) is 2.04. The molecule has 0 spiro atoms. The maximum atomic E-state index is 8.87. The van der Waals surface area contributed by atoms with Gasteiger partial charge in [-0.1, -0.05) is 30.3 Å². The Balaban J connectivity index is 2.58. The van der Waals surface area contributed by atoms with Crippen LogP contribution in [0.5, 0.6) is 0 Å². The van der Waals surface area contributed by atoms with Gasteiger partial charge in [0.25, 0.3) is 0 Å². The molecule has 1 aromatic carbocycles. The molecule has 0 saturated carbocycles. The zero-order valence-electron chi connectivity index (χ0n) is 7.81. The van der Waals surface area contributed by atoms with Crippen LogP contribution in [0.25, 0.3) is 11.4 Å². The van der Waals surface area contributed by atoms with Crippen molar-refractivity contribution in [1.29, 1.82) is 5.26 Å². The van der Waals surface area contributed by atoms with Crippen LogP contribution in [-0.4, -0.2) is 9.55 Å². The van der Waals surface area contributed by atoms with Gasteiger partial charge in [-0.25, -0.2) is 9.55 Å². The SMILES string of the molecule is Cc1cn(C#N)c(-c2ccccc2)n1. The normalized spacial score (nSPS) is 9.71. The summed E-state index contributed by atoms with van der Waals surface area (Å²) in [6.45, 7) is 1.88. The van der Waals surface area contributed by atoms with Crippen LogP contribution >= 0.6 is 0 Å². The van der Waals surface area contributed by atoms with Crippen LogP contribution in [0.3, 0.4) is 0 Å². The van der Waals surface area contributed by atoms with Crippen LogP contribution < -0.4 is 0 Å². The fourth-order valence-electron chi connectivity index (χ4n) is 1.36. The van der Waals surface area contributed by atoms with Gasteiger partial charge in [-0.3, -0.25) is 0 Å². The molecule has 3 heteroatoms. The highest BCUT2D eigenvalue weighted by Crippen LogP contribution is 2.17. The van der Waals surface area contributed by atoms with Crippen molar-refractivity contribution >= 4 is 0 Å². The fraction of sp³-hybridized carbons (Fsp3) is 0.0909. The molecule has 1 heterocycles. The quantitative estimate of drug-likeness (QED) is 0.680. The summed E-state index contributed by atoms with van der Waals surface area (Å²) in [5, 5.41) is 8.87. The maximum Gasteiger partial charge on any atom is 0.190 e. The largest absolute Gasteiger partial charge is 0.236 e. The standard InChI is InChI=1S/C11H9N3/c1-9-7-14(8-12)11(13-9)10-5-3-2-4-6-10/h2-7H,1H3. The van der Waals surface area contributed by atoms with E-state index in [9.17, 15) is 0 Å². The van der Waals surface area contributed by atoms with Gasteiger partial charge in [0.2, 0.25) is 0 Å². The zero-order valence-corrected chi connectivity index (χ0v) is 7.81. The van der Waals surface area contributed by atoms with Crippen LogP contribution in [0.4, 0.5) is 0 Å². The first kappa shape index (κ1) is 8.52. The summed E-state index contributed by atoms with van der Waals surface area (Å²) in [6.07, 6.45) is 3.79. The third-order valence-electron chi connectivity index (χ3n) is 1.97. The topological polar surface area (TPSA) is 41.6 Å². The molecule has 0 unspecified atom stereocenters. The lowest BCUT2D eigenvalue weighted by Crippen LogP contribution is -1.90. The second-order valence-corrected chi connectivity index (χ2v) is 3.04. The van der Waals surface area contributed by atoms with E-state index in [0.717, 1.165) is 11.3 Å². The van der Waals surface area contributed by atoms with Crippen molar-refractivity contribution in [2.24, 2.45) is 0 Å². The van der Waals surface area contributed by atoms with E-state index in [2.05, 4.69) is 11.2 Å². The van der Waals surface area contributed by atoms with Gasteiger partial charge in [0.1, 0.15) is 0 Å². The van der Waals surface area contributed by atoms with Gasteiger partial charge in [0.15, 0.2) is 12.0 Å². The van der Waals surface area contributed by atoms with Gasteiger partial charge in [0.05, 0.1) is 5.69 Å². The van der Waals surface area contributed by atoms with E-state index in [4.69, 9.17) is 5.26 Å². The van der Waals surface area contributed by atoms with E-state index in [1.54, 1.807) is 6.20 Å². The van der Waals surface area contributed by atoms with E-state index in [1.807, 2.05) is 37.3 Å². The second-order valence-electron chi connectivity index (χ2n) is 3.04. The molecule has 68 valence electrons. The molecule has 2 aromatic rings. The molecule has 3 nitrogen and oxygen atoms in total. The summed E-state index contributed by atoms with van der Waals surface area (Å²) in [6, 6.07) is 9.68. The van der Waals surface area contributed by atoms with Crippen molar-refractivity contribution in [3.63, 3.8) is 0 Å². The van der Waals surface area contributed by atoms with Crippen molar-refractivity contribution in [2.75, 3.05) is 0 Å². The molecule has 0 radical (unpaired) electrons. The number of aryl methyl sites for hydroxylation is 1. The Morgan fingerprint density at radius 2 is 2.00 bits per heavy atom. The molecule has 0 saturated heterocycles. The zero-order chi connectivity index (χ0) is 9.97. The Morgan fingerprint density at radius 3 is 2.64 bits per heavy atom. The Labute approximate surface area is 82.2 Å². The van der Waals surface area contributed by atoms with E-state index in [-0.39, 0.29) is 0 Å². The van der Waals surface area contributed by atoms with Crippen LogP contribution in [0.2, 0.25) is 0 Å². The number of hydrogen-bond acceptors (Lipinski definition) is 2. The first-order valence-corrected chi connectivity index (χ1v) is 4.33. The lowest BCUT2D eigenvalue weighted by atomic mass is 10.2. The summed E-state index contributed by atoms with van der Waals surface area (Å²) >= 11 is 0. The highest BCUT2D eigenvalue weighted by atomic mass is 15.1. The van der Waals surface area contributed by atoms with E-state index in [1.165, 1.54) is 4.57 Å². The summed E-state index contributed by atoms with van der Waals surface area (Å²) in [7, 11) is 0. The molecular weight excluding hydrogens is 174 g/mol. The number of hydrogen-bond donors (Lipinski definition) is 0.